The maximum absolute atomic E-state index is 6.05. The van der Waals surface area contributed by atoms with Gasteiger partial charge >= 0.3 is 0 Å². The monoisotopic (exact) mass is 261 g/mol. The number of hydrogen-bond donors (Lipinski definition) is 1. The summed E-state index contributed by atoms with van der Waals surface area (Å²) >= 11 is 11.9. The van der Waals surface area contributed by atoms with Gasteiger partial charge in [-0.2, -0.15) is 0 Å². The highest BCUT2D eigenvalue weighted by atomic mass is 35.5. The molecule has 0 aliphatic rings. The SMILES string of the molecule is CC(C)(C)OCC(N)c1cc(Cl)ccc1Cl. The van der Waals surface area contributed by atoms with Crippen molar-refractivity contribution in [2.24, 2.45) is 5.73 Å². The van der Waals surface area contributed by atoms with Gasteiger partial charge in [0.05, 0.1) is 18.2 Å². The molecule has 1 aromatic rings. The highest BCUT2D eigenvalue weighted by Gasteiger charge is 2.16. The summed E-state index contributed by atoms with van der Waals surface area (Å²) in [7, 11) is 0. The molecule has 90 valence electrons. The molecular weight excluding hydrogens is 245 g/mol. The zero-order valence-electron chi connectivity index (χ0n) is 9.76. The molecule has 1 unspecified atom stereocenters. The Hall–Kier alpha value is -0.280. The van der Waals surface area contributed by atoms with Crippen LogP contribution in [0.3, 0.4) is 0 Å². The first kappa shape index (κ1) is 13.8. The maximum Gasteiger partial charge on any atom is 0.0667 e. The largest absolute Gasteiger partial charge is 0.374 e. The lowest BCUT2D eigenvalue weighted by Gasteiger charge is -2.23. The quantitative estimate of drug-likeness (QED) is 0.898. The van der Waals surface area contributed by atoms with E-state index in [1.807, 2.05) is 20.8 Å². The van der Waals surface area contributed by atoms with Crippen LogP contribution in [0.2, 0.25) is 10.0 Å². The molecule has 1 rings (SSSR count). The molecule has 0 amide bonds. The van der Waals surface area contributed by atoms with Crippen LogP contribution in [0.4, 0.5) is 0 Å². The van der Waals surface area contributed by atoms with Gasteiger partial charge in [-0.1, -0.05) is 23.2 Å². The minimum atomic E-state index is -0.259. The standard InChI is InChI=1S/C12H17Cl2NO/c1-12(2,3)16-7-11(15)9-6-8(13)4-5-10(9)14/h4-6,11H,7,15H2,1-3H3. The summed E-state index contributed by atoms with van der Waals surface area (Å²) in [5, 5.41) is 1.25. The van der Waals surface area contributed by atoms with E-state index in [4.69, 9.17) is 33.7 Å². The molecule has 2 nitrogen and oxygen atoms in total. The Morgan fingerprint density at radius 2 is 1.94 bits per heavy atom. The van der Waals surface area contributed by atoms with Crippen molar-refractivity contribution in [3.8, 4) is 0 Å². The van der Waals surface area contributed by atoms with E-state index in [2.05, 4.69) is 0 Å². The molecule has 0 heterocycles. The van der Waals surface area contributed by atoms with Gasteiger partial charge in [-0.3, -0.25) is 0 Å². The van der Waals surface area contributed by atoms with Gasteiger partial charge in [0.2, 0.25) is 0 Å². The predicted molar refractivity (Wildman–Crippen MR) is 69.1 cm³/mol. The van der Waals surface area contributed by atoms with Crippen LogP contribution < -0.4 is 5.73 Å². The molecule has 16 heavy (non-hydrogen) atoms. The summed E-state index contributed by atoms with van der Waals surface area (Å²) in [4.78, 5) is 0. The highest BCUT2D eigenvalue weighted by Crippen LogP contribution is 2.26. The third kappa shape index (κ3) is 4.30. The van der Waals surface area contributed by atoms with E-state index >= 15 is 0 Å². The summed E-state index contributed by atoms with van der Waals surface area (Å²) in [6.07, 6.45) is 0. The average Bonchev–Trinajstić information content (AvgIpc) is 2.17. The van der Waals surface area contributed by atoms with E-state index in [9.17, 15) is 0 Å². The van der Waals surface area contributed by atoms with Crippen LogP contribution in [0.15, 0.2) is 18.2 Å². The summed E-state index contributed by atoms with van der Waals surface area (Å²) in [5.74, 6) is 0. The Morgan fingerprint density at radius 3 is 2.50 bits per heavy atom. The van der Waals surface area contributed by atoms with Crippen LogP contribution in [0.5, 0.6) is 0 Å². The minimum absolute atomic E-state index is 0.206. The second-order valence-corrected chi connectivity index (χ2v) is 5.54. The molecule has 0 aliphatic carbocycles. The van der Waals surface area contributed by atoms with Crippen molar-refractivity contribution in [2.45, 2.75) is 32.4 Å². The van der Waals surface area contributed by atoms with Gasteiger partial charge in [-0.15, -0.1) is 0 Å². The molecule has 0 radical (unpaired) electrons. The number of rotatable bonds is 3. The first-order valence-corrected chi connectivity index (χ1v) is 5.89. The fourth-order valence-electron chi connectivity index (χ4n) is 1.23. The zero-order valence-corrected chi connectivity index (χ0v) is 11.3. The molecule has 0 spiro atoms. The van der Waals surface area contributed by atoms with Crippen molar-refractivity contribution >= 4 is 23.2 Å². The molecule has 1 aromatic carbocycles. The van der Waals surface area contributed by atoms with Crippen LogP contribution in [-0.2, 0) is 4.74 Å². The fourth-order valence-corrected chi connectivity index (χ4v) is 1.67. The van der Waals surface area contributed by atoms with Gasteiger partial charge in [0.1, 0.15) is 0 Å². The third-order valence-electron chi connectivity index (χ3n) is 2.05. The Bertz CT molecular complexity index is 361. The van der Waals surface area contributed by atoms with Gasteiger partial charge in [0.25, 0.3) is 0 Å². The fraction of sp³-hybridized carbons (Fsp3) is 0.500. The van der Waals surface area contributed by atoms with Crippen LogP contribution in [-0.4, -0.2) is 12.2 Å². The maximum atomic E-state index is 6.05. The topological polar surface area (TPSA) is 35.2 Å². The average molecular weight is 262 g/mol. The van der Waals surface area contributed by atoms with Crippen molar-refractivity contribution in [1.82, 2.24) is 0 Å². The van der Waals surface area contributed by atoms with Gasteiger partial charge in [-0.25, -0.2) is 0 Å². The molecule has 2 N–H and O–H groups in total. The second kappa shape index (κ2) is 5.37. The molecule has 0 aromatic heterocycles. The zero-order chi connectivity index (χ0) is 12.3. The molecular formula is C12H17Cl2NO. The van der Waals surface area contributed by atoms with Crippen LogP contribution >= 0.6 is 23.2 Å². The Labute approximate surface area is 107 Å². The van der Waals surface area contributed by atoms with Crippen molar-refractivity contribution in [3.63, 3.8) is 0 Å². The first-order chi connectivity index (χ1) is 7.29. The Balaban J connectivity index is 2.73. The van der Waals surface area contributed by atoms with E-state index in [0.29, 0.717) is 16.7 Å². The summed E-state index contributed by atoms with van der Waals surface area (Å²) in [6, 6.07) is 5.01. The lowest BCUT2D eigenvalue weighted by molar-refractivity contribution is -0.0102. The second-order valence-electron chi connectivity index (χ2n) is 4.70. The van der Waals surface area contributed by atoms with E-state index in [0.717, 1.165) is 5.56 Å². The molecule has 0 fully saturated rings. The normalized spacial score (nSPS) is 13.9. The Morgan fingerprint density at radius 1 is 1.31 bits per heavy atom. The first-order valence-electron chi connectivity index (χ1n) is 5.14. The molecule has 0 aliphatic heterocycles. The minimum Gasteiger partial charge on any atom is -0.374 e. The molecule has 0 saturated heterocycles. The van der Waals surface area contributed by atoms with Crippen LogP contribution in [0, 0.1) is 0 Å². The van der Waals surface area contributed by atoms with E-state index in [1.165, 1.54) is 0 Å². The van der Waals surface area contributed by atoms with E-state index < -0.39 is 0 Å². The summed E-state index contributed by atoms with van der Waals surface area (Å²) in [6.45, 7) is 6.38. The van der Waals surface area contributed by atoms with Crippen molar-refractivity contribution in [1.29, 1.82) is 0 Å². The van der Waals surface area contributed by atoms with Crippen molar-refractivity contribution < 1.29 is 4.74 Å². The van der Waals surface area contributed by atoms with Gasteiger partial charge in [-0.05, 0) is 44.5 Å². The number of ether oxygens (including phenoxy) is 1. The van der Waals surface area contributed by atoms with Gasteiger partial charge < -0.3 is 10.5 Å². The number of halogens is 2. The van der Waals surface area contributed by atoms with Crippen LogP contribution in [0.1, 0.15) is 32.4 Å². The molecule has 0 saturated carbocycles. The van der Waals surface area contributed by atoms with E-state index in [-0.39, 0.29) is 11.6 Å². The van der Waals surface area contributed by atoms with Crippen molar-refractivity contribution in [3.05, 3.63) is 33.8 Å². The summed E-state index contributed by atoms with van der Waals surface area (Å²) < 4.78 is 5.61. The van der Waals surface area contributed by atoms with Gasteiger partial charge in [0.15, 0.2) is 0 Å². The lowest BCUT2D eigenvalue weighted by atomic mass is 10.1. The Kier molecular flexibility index (Phi) is 4.62. The number of nitrogens with two attached hydrogens (primary N) is 1. The smallest absolute Gasteiger partial charge is 0.0667 e. The molecule has 0 bridgehead atoms. The molecule has 1 atom stereocenters. The van der Waals surface area contributed by atoms with Crippen molar-refractivity contribution in [2.75, 3.05) is 6.61 Å². The lowest BCUT2D eigenvalue weighted by Crippen LogP contribution is -2.26. The third-order valence-corrected chi connectivity index (χ3v) is 2.63. The van der Waals surface area contributed by atoms with E-state index in [1.54, 1.807) is 18.2 Å². The predicted octanol–water partition coefficient (Wildman–Crippen LogP) is 3.81. The highest BCUT2D eigenvalue weighted by molar-refractivity contribution is 6.33. The summed E-state index contributed by atoms with van der Waals surface area (Å²) in [5.41, 5.74) is 6.62. The van der Waals surface area contributed by atoms with Gasteiger partial charge in [0, 0.05) is 10.0 Å². The molecule has 4 heteroatoms. The number of benzene rings is 1. The van der Waals surface area contributed by atoms with Crippen LogP contribution in [0.25, 0.3) is 0 Å². The number of hydrogen-bond acceptors (Lipinski definition) is 2.